The largest absolute Gasteiger partial charge is 0.346 e. The summed E-state index contributed by atoms with van der Waals surface area (Å²) in [5, 5.41) is 1.01. The zero-order valence-corrected chi connectivity index (χ0v) is 14.6. The number of rotatable bonds is 4. The average Bonchev–Trinajstić information content (AvgIpc) is 2.94. The molecular weight excluding hydrogens is 310 g/mol. The summed E-state index contributed by atoms with van der Waals surface area (Å²) in [6, 6.07) is 3.99. The van der Waals surface area contributed by atoms with E-state index >= 15 is 0 Å². The predicted molar refractivity (Wildman–Crippen MR) is 90.1 cm³/mol. The van der Waals surface area contributed by atoms with Crippen LogP contribution in [0.25, 0.3) is 0 Å². The van der Waals surface area contributed by atoms with Crippen LogP contribution >= 0.6 is 34.3 Å². The van der Waals surface area contributed by atoms with Crippen molar-refractivity contribution in [2.24, 2.45) is 5.73 Å². The van der Waals surface area contributed by atoms with E-state index < -0.39 is 0 Å². The number of halogens is 1. The van der Waals surface area contributed by atoms with Crippen LogP contribution in [0.3, 0.4) is 0 Å². The van der Waals surface area contributed by atoms with Crippen molar-refractivity contribution in [3.05, 3.63) is 31.9 Å². The molecule has 110 valence electrons. The average molecular weight is 330 g/mol. The highest BCUT2D eigenvalue weighted by Gasteiger charge is 2.23. The van der Waals surface area contributed by atoms with Gasteiger partial charge in [0.2, 0.25) is 0 Å². The number of thiophene rings is 1. The van der Waals surface area contributed by atoms with Crippen molar-refractivity contribution >= 4 is 39.4 Å². The summed E-state index contributed by atoms with van der Waals surface area (Å²) in [6.45, 7) is 7.87. The van der Waals surface area contributed by atoms with Gasteiger partial charge in [0.05, 0.1) is 16.6 Å². The molecule has 0 aliphatic carbocycles. The van der Waals surface area contributed by atoms with E-state index in [9.17, 15) is 0 Å². The fourth-order valence-electron chi connectivity index (χ4n) is 1.97. The fraction of sp³-hybridized carbons (Fsp3) is 0.500. The summed E-state index contributed by atoms with van der Waals surface area (Å²) in [4.78, 5) is 9.35. The Morgan fingerprint density at radius 3 is 2.45 bits per heavy atom. The minimum atomic E-state index is 0.0243. The van der Waals surface area contributed by atoms with E-state index in [1.165, 1.54) is 9.75 Å². The lowest BCUT2D eigenvalue weighted by Crippen LogP contribution is -2.18. The van der Waals surface area contributed by atoms with Crippen LogP contribution in [0.5, 0.6) is 0 Å². The van der Waals surface area contributed by atoms with E-state index in [4.69, 9.17) is 22.3 Å². The van der Waals surface area contributed by atoms with Gasteiger partial charge in [0, 0.05) is 28.8 Å². The molecule has 20 heavy (non-hydrogen) atoms. The Balaban J connectivity index is 2.22. The Hall–Kier alpha value is -0.620. The molecule has 0 radical (unpaired) electrons. The normalized spacial score (nSPS) is 11.9. The first-order valence-corrected chi connectivity index (χ1v) is 8.48. The number of hydrogen-bond acceptors (Lipinski definition) is 5. The minimum Gasteiger partial charge on any atom is -0.346 e. The van der Waals surface area contributed by atoms with Crippen molar-refractivity contribution in [2.75, 3.05) is 11.9 Å². The van der Waals surface area contributed by atoms with E-state index in [0.717, 1.165) is 21.7 Å². The number of anilines is 1. The standard InChI is InChI=1S/C14H20ClN3S2/c1-14(2,3)12-10(7-16)20-13(17-12)18(4)8-9-5-6-11(15)19-9/h5-6H,7-8,16H2,1-4H3. The van der Waals surface area contributed by atoms with Crippen molar-refractivity contribution in [1.82, 2.24) is 4.98 Å². The monoisotopic (exact) mass is 329 g/mol. The third-order valence-electron chi connectivity index (χ3n) is 2.93. The molecule has 0 unspecified atom stereocenters. The van der Waals surface area contributed by atoms with Gasteiger partial charge in [-0.2, -0.15) is 0 Å². The number of thiazole rings is 1. The maximum Gasteiger partial charge on any atom is 0.185 e. The SMILES string of the molecule is CN(Cc1ccc(Cl)s1)c1nc(C(C)(C)C)c(CN)s1. The highest BCUT2D eigenvalue weighted by Crippen LogP contribution is 2.34. The molecule has 0 aliphatic heterocycles. The number of nitrogens with zero attached hydrogens (tertiary/aromatic N) is 2. The Labute approximate surface area is 133 Å². The van der Waals surface area contributed by atoms with E-state index in [0.29, 0.717) is 6.54 Å². The molecule has 2 rings (SSSR count). The Bertz CT molecular complexity index is 583. The second kappa shape index (κ2) is 6.02. The van der Waals surface area contributed by atoms with Gasteiger partial charge in [0.25, 0.3) is 0 Å². The summed E-state index contributed by atoms with van der Waals surface area (Å²) >= 11 is 9.26. The molecule has 0 aliphatic rings. The van der Waals surface area contributed by atoms with E-state index in [1.807, 2.05) is 6.07 Å². The molecule has 2 aromatic heterocycles. The van der Waals surface area contributed by atoms with Gasteiger partial charge < -0.3 is 10.6 Å². The van der Waals surface area contributed by atoms with E-state index in [-0.39, 0.29) is 5.41 Å². The molecule has 2 N–H and O–H groups in total. The first-order valence-electron chi connectivity index (χ1n) is 6.47. The van der Waals surface area contributed by atoms with Gasteiger partial charge in [0.1, 0.15) is 0 Å². The number of nitrogens with two attached hydrogens (primary N) is 1. The van der Waals surface area contributed by atoms with Gasteiger partial charge >= 0.3 is 0 Å². The highest BCUT2D eigenvalue weighted by molar-refractivity contribution is 7.16. The molecule has 0 amide bonds. The second-order valence-electron chi connectivity index (χ2n) is 5.78. The minimum absolute atomic E-state index is 0.0243. The lowest BCUT2D eigenvalue weighted by Gasteiger charge is -2.17. The third-order valence-corrected chi connectivity index (χ3v) is 5.34. The maximum atomic E-state index is 5.97. The molecule has 0 saturated heterocycles. The topological polar surface area (TPSA) is 42.2 Å². The molecule has 2 aromatic rings. The van der Waals surface area contributed by atoms with E-state index in [2.05, 4.69) is 38.8 Å². The maximum absolute atomic E-state index is 5.97. The summed E-state index contributed by atoms with van der Waals surface area (Å²) in [5.41, 5.74) is 6.99. The van der Waals surface area contributed by atoms with Crippen molar-refractivity contribution in [3.8, 4) is 0 Å². The smallest absolute Gasteiger partial charge is 0.185 e. The van der Waals surface area contributed by atoms with Crippen molar-refractivity contribution < 1.29 is 0 Å². The molecule has 2 heterocycles. The van der Waals surface area contributed by atoms with Crippen molar-refractivity contribution in [2.45, 2.75) is 39.3 Å². The Morgan fingerprint density at radius 1 is 1.30 bits per heavy atom. The fourth-order valence-corrected chi connectivity index (χ4v) is 4.22. The van der Waals surface area contributed by atoms with Crippen LogP contribution in [0.4, 0.5) is 5.13 Å². The zero-order valence-electron chi connectivity index (χ0n) is 12.2. The predicted octanol–water partition coefficient (Wildman–Crippen LogP) is 4.25. The summed E-state index contributed by atoms with van der Waals surface area (Å²) in [5.74, 6) is 0. The quantitative estimate of drug-likeness (QED) is 0.911. The first kappa shape index (κ1) is 15.8. The molecule has 0 fully saturated rings. The number of aromatic nitrogens is 1. The lowest BCUT2D eigenvalue weighted by molar-refractivity contribution is 0.566. The van der Waals surface area contributed by atoms with Crippen LogP contribution in [-0.4, -0.2) is 12.0 Å². The molecule has 0 spiro atoms. The molecule has 0 bridgehead atoms. The van der Waals surface area contributed by atoms with Gasteiger partial charge in [-0.05, 0) is 12.1 Å². The summed E-state index contributed by atoms with van der Waals surface area (Å²) in [6.07, 6.45) is 0. The van der Waals surface area contributed by atoms with Gasteiger partial charge in [0.15, 0.2) is 5.13 Å². The van der Waals surface area contributed by atoms with Crippen LogP contribution < -0.4 is 10.6 Å². The summed E-state index contributed by atoms with van der Waals surface area (Å²) in [7, 11) is 2.05. The van der Waals surface area contributed by atoms with Crippen LogP contribution in [0.15, 0.2) is 12.1 Å². The second-order valence-corrected chi connectivity index (χ2v) is 8.65. The van der Waals surface area contributed by atoms with Crippen LogP contribution in [-0.2, 0) is 18.5 Å². The Morgan fingerprint density at radius 2 is 2.00 bits per heavy atom. The van der Waals surface area contributed by atoms with Crippen molar-refractivity contribution in [3.63, 3.8) is 0 Å². The van der Waals surface area contributed by atoms with Crippen LogP contribution in [0, 0.1) is 0 Å². The van der Waals surface area contributed by atoms with Gasteiger partial charge in [-0.25, -0.2) is 4.98 Å². The third kappa shape index (κ3) is 3.52. The highest BCUT2D eigenvalue weighted by atomic mass is 35.5. The van der Waals surface area contributed by atoms with Crippen LogP contribution in [0.2, 0.25) is 4.34 Å². The van der Waals surface area contributed by atoms with Crippen molar-refractivity contribution in [1.29, 1.82) is 0 Å². The van der Waals surface area contributed by atoms with Gasteiger partial charge in [-0.1, -0.05) is 32.4 Å². The first-order chi connectivity index (χ1) is 9.31. The van der Waals surface area contributed by atoms with Crippen LogP contribution in [0.1, 0.15) is 36.2 Å². The summed E-state index contributed by atoms with van der Waals surface area (Å²) < 4.78 is 0.825. The number of hydrogen-bond donors (Lipinski definition) is 1. The molecular formula is C14H20ClN3S2. The molecule has 0 atom stereocenters. The van der Waals surface area contributed by atoms with Gasteiger partial charge in [-0.3, -0.25) is 0 Å². The van der Waals surface area contributed by atoms with E-state index in [1.54, 1.807) is 22.7 Å². The Kier molecular flexibility index (Phi) is 4.74. The molecule has 6 heteroatoms. The molecule has 0 saturated carbocycles. The molecule has 0 aromatic carbocycles. The van der Waals surface area contributed by atoms with Gasteiger partial charge in [-0.15, -0.1) is 22.7 Å². The molecule has 3 nitrogen and oxygen atoms in total. The lowest BCUT2D eigenvalue weighted by atomic mass is 9.91. The zero-order chi connectivity index (χ0) is 14.9.